The van der Waals surface area contributed by atoms with Gasteiger partial charge in [0.1, 0.15) is 0 Å². The van der Waals surface area contributed by atoms with Crippen molar-refractivity contribution in [2.24, 2.45) is 5.14 Å². The summed E-state index contributed by atoms with van der Waals surface area (Å²) in [6, 6.07) is 0. The minimum atomic E-state index is -3.43. The third-order valence-electron chi connectivity index (χ3n) is 1.30. The first-order valence-corrected chi connectivity index (χ1v) is 4.99. The van der Waals surface area contributed by atoms with Gasteiger partial charge in [0.25, 0.3) is 0 Å². The summed E-state index contributed by atoms with van der Waals surface area (Å²) in [5.41, 5.74) is 0. The number of primary sulfonamides is 1. The highest BCUT2D eigenvalue weighted by molar-refractivity contribution is 7.89. The Kier molecular flexibility index (Phi) is 2.83. The van der Waals surface area contributed by atoms with E-state index in [-0.39, 0.29) is 5.75 Å². The van der Waals surface area contributed by atoms with E-state index in [1.54, 1.807) is 0 Å². The molecule has 0 amide bonds. The van der Waals surface area contributed by atoms with Crippen LogP contribution in [0, 0.1) is 0 Å². The summed E-state index contributed by atoms with van der Waals surface area (Å²) in [6.45, 7) is 1.29. The molecular weight excluding hydrogens is 170 g/mol. The molecule has 1 fully saturated rings. The van der Waals surface area contributed by atoms with Gasteiger partial charge in [-0.1, -0.05) is 0 Å². The smallest absolute Gasteiger partial charge is 0.211 e. The van der Waals surface area contributed by atoms with Crippen LogP contribution in [0.2, 0.25) is 0 Å². The Morgan fingerprint density at radius 2 is 2.18 bits per heavy atom. The van der Waals surface area contributed by atoms with E-state index >= 15 is 0 Å². The fourth-order valence-corrected chi connectivity index (χ4v) is 1.60. The van der Waals surface area contributed by atoms with E-state index in [4.69, 9.17) is 14.6 Å². The molecule has 0 bridgehead atoms. The van der Waals surface area contributed by atoms with Gasteiger partial charge < -0.3 is 9.47 Å². The lowest BCUT2D eigenvalue weighted by molar-refractivity contribution is -0.0782. The van der Waals surface area contributed by atoms with Crippen LogP contribution in [0.5, 0.6) is 0 Å². The maximum Gasteiger partial charge on any atom is 0.211 e. The van der Waals surface area contributed by atoms with E-state index in [1.807, 2.05) is 0 Å². The standard InChI is InChI=1S/C5H11NO4S/c6-11(7,8)4-5-3-9-1-2-10-5/h5H,1-4H2,(H2,6,7,8)/t5-/m0/s1. The van der Waals surface area contributed by atoms with Crippen molar-refractivity contribution in [1.29, 1.82) is 0 Å². The van der Waals surface area contributed by atoms with Crippen molar-refractivity contribution >= 4 is 10.0 Å². The number of nitrogens with two attached hydrogens (primary N) is 1. The molecule has 1 rings (SSSR count). The molecule has 1 aliphatic heterocycles. The Balaban J connectivity index is 2.36. The molecule has 0 aliphatic carbocycles. The van der Waals surface area contributed by atoms with Crippen LogP contribution in [0.3, 0.4) is 0 Å². The lowest BCUT2D eigenvalue weighted by atomic mass is 10.4. The third-order valence-corrected chi connectivity index (χ3v) is 2.14. The first kappa shape index (κ1) is 8.92. The molecule has 66 valence electrons. The van der Waals surface area contributed by atoms with Crippen LogP contribution in [0.4, 0.5) is 0 Å². The zero-order chi connectivity index (χ0) is 8.32. The Morgan fingerprint density at radius 1 is 1.45 bits per heavy atom. The van der Waals surface area contributed by atoms with Crippen molar-refractivity contribution < 1.29 is 17.9 Å². The lowest BCUT2D eigenvalue weighted by Gasteiger charge is -2.21. The topological polar surface area (TPSA) is 78.6 Å². The molecule has 11 heavy (non-hydrogen) atoms. The summed E-state index contributed by atoms with van der Waals surface area (Å²) < 4.78 is 31.1. The van der Waals surface area contributed by atoms with Crippen LogP contribution in [0.1, 0.15) is 0 Å². The zero-order valence-electron chi connectivity index (χ0n) is 6.02. The molecule has 0 aromatic carbocycles. The second kappa shape index (κ2) is 3.48. The maximum absolute atomic E-state index is 10.5. The summed E-state index contributed by atoms with van der Waals surface area (Å²) in [5.74, 6) is -0.160. The number of hydrogen-bond donors (Lipinski definition) is 1. The largest absolute Gasteiger partial charge is 0.376 e. The molecule has 2 N–H and O–H groups in total. The molecule has 0 radical (unpaired) electrons. The minimum absolute atomic E-state index is 0.160. The molecule has 0 unspecified atom stereocenters. The third kappa shape index (κ3) is 3.66. The normalized spacial score (nSPS) is 26.8. The molecule has 0 spiro atoms. The Bertz CT molecular complexity index is 207. The summed E-state index contributed by atoms with van der Waals surface area (Å²) in [6.07, 6.45) is -0.390. The van der Waals surface area contributed by atoms with Gasteiger partial charge in [-0.05, 0) is 0 Å². The second-order valence-electron chi connectivity index (χ2n) is 2.40. The van der Waals surface area contributed by atoms with Crippen LogP contribution >= 0.6 is 0 Å². The number of sulfonamides is 1. The average molecular weight is 181 g/mol. The van der Waals surface area contributed by atoms with Crippen LogP contribution in [-0.4, -0.2) is 40.1 Å². The van der Waals surface area contributed by atoms with Gasteiger partial charge in [0.15, 0.2) is 0 Å². The van der Waals surface area contributed by atoms with Crippen LogP contribution < -0.4 is 5.14 Å². The second-order valence-corrected chi connectivity index (χ2v) is 4.06. The highest BCUT2D eigenvalue weighted by Crippen LogP contribution is 2.01. The van der Waals surface area contributed by atoms with Gasteiger partial charge in [-0.15, -0.1) is 0 Å². The molecule has 0 aromatic rings. The number of hydrogen-bond acceptors (Lipinski definition) is 4. The quantitative estimate of drug-likeness (QED) is 0.573. The van der Waals surface area contributed by atoms with E-state index in [0.29, 0.717) is 19.8 Å². The molecule has 1 saturated heterocycles. The fraction of sp³-hybridized carbons (Fsp3) is 1.00. The lowest BCUT2D eigenvalue weighted by Crippen LogP contribution is -2.36. The van der Waals surface area contributed by atoms with Gasteiger partial charge >= 0.3 is 0 Å². The molecule has 6 heteroatoms. The van der Waals surface area contributed by atoms with Crippen LogP contribution in [0.15, 0.2) is 0 Å². The Hall–Kier alpha value is -0.170. The highest BCUT2D eigenvalue weighted by atomic mass is 32.2. The molecular formula is C5H11NO4S. The van der Waals surface area contributed by atoms with Crippen LogP contribution in [-0.2, 0) is 19.5 Å². The van der Waals surface area contributed by atoms with Crippen molar-refractivity contribution in [2.75, 3.05) is 25.6 Å². The average Bonchev–Trinajstić information content (AvgIpc) is 1.85. The van der Waals surface area contributed by atoms with Gasteiger partial charge in [-0.2, -0.15) is 0 Å². The van der Waals surface area contributed by atoms with Gasteiger partial charge in [0, 0.05) is 0 Å². The maximum atomic E-state index is 10.5. The molecule has 1 heterocycles. The van der Waals surface area contributed by atoms with E-state index in [0.717, 1.165) is 0 Å². The first-order chi connectivity index (χ1) is 5.08. The minimum Gasteiger partial charge on any atom is -0.376 e. The van der Waals surface area contributed by atoms with E-state index in [1.165, 1.54) is 0 Å². The zero-order valence-corrected chi connectivity index (χ0v) is 6.84. The Labute approximate surface area is 65.5 Å². The summed E-state index contributed by atoms with van der Waals surface area (Å²) >= 11 is 0. The summed E-state index contributed by atoms with van der Waals surface area (Å²) in [5, 5.41) is 4.80. The Morgan fingerprint density at radius 3 is 2.64 bits per heavy atom. The molecule has 0 aromatic heterocycles. The summed E-state index contributed by atoms with van der Waals surface area (Å²) in [7, 11) is -3.43. The van der Waals surface area contributed by atoms with Crippen molar-refractivity contribution in [2.45, 2.75) is 6.10 Å². The van der Waals surface area contributed by atoms with Crippen molar-refractivity contribution in [3.05, 3.63) is 0 Å². The van der Waals surface area contributed by atoms with Gasteiger partial charge in [0.05, 0.1) is 31.7 Å². The van der Waals surface area contributed by atoms with E-state index in [2.05, 4.69) is 0 Å². The molecule has 5 nitrogen and oxygen atoms in total. The highest BCUT2D eigenvalue weighted by Gasteiger charge is 2.19. The molecule has 1 atom stereocenters. The molecule has 1 aliphatic rings. The van der Waals surface area contributed by atoms with Crippen molar-refractivity contribution in [3.63, 3.8) is 0 Å². The summed E-state index contributed by atoms with van der Waals surface area (Å²) in [4.78, 5) is 0. The molecule has 0 saturated carbocycles. The van der Waals surface area contributed by atoms with E-state index < -0.39 is 16.1 Å². The van der Waals surface area contributed by atoms with Gasteiger partial charge in [0.2, 0.25) is 10.0 Å². The number of ether oxygens (including phenoxy) is 2. The number of rotatable bonds is 2. The van der Waals surface area contributed by atoms with Crippen molar-refractivity contribution in [1.82, 2.24) is 0 Å². The first-order valence-electron chi connectivity index (χ1n) is 3.28. The van der Waals surface area contributed by atoms with Gasteiger partial charge in [-0.25, -0.2) is 13.6 Å². The van der Waals surface area contributed by atoms with Crippen LogP contribution in [0.25, 0.3) is 0 Å². The predicted molar refractivity (Wildman–Crippen MR) is 38.5 cm³/mol. The SMILES string of the molecule is NS(=O)(=O)C[C@@H]1COCCO1. The predicted octanol–water partition coefficient (Wildman–Crippen LogP) is -1.31. The van der Waals surface area contributed by atoms with Gasteiger partial charge in [-0.3, -0.25) is 0 Å². The van der Waals surface area contributed by atoms with Crippen molar-refractivity contribution in [3.8, 4) is 0 Å². The monoisotopic (exact) mass is 181 g/mol. The van der Waals surface area contributed by atoms with E-state index in [9.17, 15) is 8.42 Å². The fourth-order valence-electron chi connectivity index (χ4n) is 0.892.